The topological polar surface area (TPSA) is 34.1 Å². The summed E-state index contributed by atoms with van der Waals surface area (Å²) in [5.41, 5.74) is 1.78. The number of hydrogen-bond acceptors (Lipinski definition) is 2. The first-order valence-corrected chi connectivity index (χ1v) is 7.27. The van der Waals surface area contributed by atoms with Gasteiger partial charge in [0.05, 0.1) is 0 Å². The van der Waals surface area contributed by atoms with Crippen LogP contribution in [0.15, 0.2) is 18.2 Å². The van der Waals surface area contributed by atoms with Crippen LogP contribution in [0, 0.1) is 12.7 Å². The van der Waals surface area contributed by atoms with Crippen LogP contribution in [-0.4, -0.2) is 8.42 Å². The molecule has 0 amide bonds. The van der Waals surface area contributed by atoms with E-state index in [1.54, 1.807) is 6.07 Å². The molecule has 1 aromatic rings. The summed E-state index contributed by atoms with van der Waals surface area (Å²) in [6.07, 6.45) is 0.770. The Balaban J connectivity index is 0.000000336. The van der Waals surface area contributed by atoms with E-state index in [1.807, 2.05) is 26.0 Å². The lowest BCUT2D eigenvalue weighted by atomic mass is 10.1. The Kier molecular flexibility index (Phi) is 6.17. The Morgan fingerprint density at radius 2 is 1.80 bits per heavy atom. The molecule has 1 aromatic carbocycles. The molecule has 1 rings (SSSR count). The molecular weight excluding hydrogens is 262 g/mol. The van der Waals surface area contributed by atoms with E-state index in [1.165, 1.54) is 0 Å². The first kappa shape index (κ1) is 14.7. The minimum Gasteiger partial charge on any atom is -0.207 e. The second-order valence-electron chi connectivity index (χ2n) is 2.83. The molecule has 0 saturated carbocycles. The highest BCUT2D eigenvalue weighted by Crippen LogP contribution is 2.09. The van der Waals surface area contributed by atoms with Gasteiger partial charge in [0.25, 0.3) is 0 Å². The summed E-state index contributed by atoms with van der Waals surface area (Å²) in [5, 5.41) is 0. The van der Waals surface area contributed by atoms with Crippen molar-refractivity contribution in [3.05, 3.63) is 35.1 Å². The number of benzene rings is 1. The van der Waals surface area contributed by atoms with Crippen LogP contribution in [0.25, 0.3) is 0 Å². The fraction of sp³-hybridized carbons (Fsp3) is 0.333. The maximum Gasteiger partial charge on any atom is 0.317 e. The molecule has 0 aliphatic rings. The van der Waals surface area contributed by atoms with Gasteiger partial charge in [-0.3, -0.25) is 0 Å². The minimum atomic E-state index is -3.72. The van der Waals surface area contributed by atoms with Crippen LogP contribution in [0.5, 0.6) is 0 Å². The largest absolute Gasteiger partial charge is 0.317 e. The summed E-state index contributed by atoms with van der Waals surface area (Å²) in [4.78, 5) is 0. The van der Waals surface area contributed by atoms with Gasteiger partial charge >= 0.3 is 8.26 Å². The van der Waals surface area contributed by atoms with Crippen molar-refractivity contribution >= 4 is 29.6 Å². The Morgan fingerprint density at radius 3 is 2.13 bits per heavy atom. The zero-order chi connectivity index (χ0) is 12.1. The van der Waals surface area contributed by atoms with Gasteiger partial charge in [-0.1, -0.05) is 19.1 Å². The van der Waals surface area contributed by atoms with Crippen molar-refractivity contribution in [3.63, 3.8) is 0 Å². The van der Waals surface area contributed by atoms with Gasteiger partial charge in [-0.25, -0.2) is 4.39 Å². The number of halogens is 3. The van der Waals surface area contributed by atoms with E-state index in [2.05, 4.69) is 21.4 Å². The van der Waals surface area contributed by atoms with Crippen LogP contribution in [-0.2, 0) is 14.7 Å². The average molecular weight is 273 g/mol. The fourth-order valence-corrected chi connectivity index (χ4v) is 0.939. The van der Waals surface area contributed by atoms with Gasteiger partial charge in [-0.2, -0.15) is 8.42 Å². The summed E-state index contributed by atoms with van der Waals surface area (Å²) >= 11 is 0. The molecule has 0 N–H and O–H groups in total. The van der Waals surface area contributed by atoms with Crippen molar-refractivity contribution in [2.75, 3.05) is 0 Å². The molecule has 2 nitrogen and oxygen atoms in total. The second kappa shape index (κ2) is 6.30. The van der Waals surface area contributed by atoms with E-state index in [0.717, 1.165) is 17.5 Å². The summed E-state index contributed by atoms with van der Waals surface area (Å²) in [5.74, 6) is -0.0810. The Bertz CT molecular complexity index is 410. The Labute approximate surface area is 97.9 Å². The molecular formula is C9H11Cl2FO2S. The van der Waals surface area contributed by atoms with E-state index in [-0.39, 0.29) is 5.82 Å². The summed E-state index contributed by atoms with van der Waals surface area (Å²) in [6, 6.07) is 5.34. The molecule has 15 heavy (non-hydrogen) atoms. The van der Waals surface area contributed by atoms with Crippen molar-refractivity contribution in [2.45, 2.75) is 20.3 Å². The van der Waals surface area contributed by atoms with Crippen LogP contribution in [0.3, 0.4) is 0 Å². The molecule has 0 atom stereocenters. The Morgan fingerprint density at radius 1 is 1.33 bits per heavy atom. The molecule has 0 unspecified atom stereocenters. The highest BCUT2D eigenvalue weighted by atomic mass is 36.0. The van der Waals surface area contributed by atoms with Gasteiger partial charge in [0, 0.05) is 21.4 Å². The van der Waals surface area contributed by atoms with Gasteiger partial charge in [0.2, 0.25) is 0 Å². The smallest absolute Gasteiger partial charge is 0.207 e. The zero-order valence-electron chi connectivity index (χ0n) is 8.30. The van der Waals surface area contributed by atoms with Crippen molar-refractivity contribution in [2.24, 2.45) is 0 Å². The van der Waals surface area contributed by atoms with Gasteiger partial charge < -0.3 is 0 Å². The van der Waals surface area contributed by atoms with Crippen molar-refractivity contribution < 1.29 is 12.8 Å². The SMILES string of the molecule is CCc1ccc(C)cc1F.O=S(=O)(Cl)Cl. The van der Waals surface area contributed by atoms with Crippen LogP contribution < -0.4 is 0 Å². The van der Waals surface area contributed by atoms with Crippen LogP contribution in [0.4, 0.5) is 4.39 Å². The number of rotatable bonds is 1. The monoisotopic (exact) mass is 272 g/mol. The summed E-state index contributed by atoms with van der Waals surface area (Å²) in [7, 11) is 4.81. The van der Waals surface area contributed by atoms with Gasteiger partial charge in [-0.05, 0) is 30.5 Å². The quantitative estimate of drug-likeness (QED) is 0.735. The van der Waals surface area contributed by atoms with Crippen molar-refractivity contribution in [1.82, 2.24) is 0 Å². The first-order chi connectivity index (χ1) is 6.74. The predicted molar refractivity (Wildman–Crippen MR) is 61.1 cm³/mol. The molecule has 0 aliphatic carbocycles. The molecule has 0 saturated heterocycles. The van der Waals surface area contributed by atoms with Gasteiger partial charge in [-0.15, -0.1) is 0 Å². The summed E-state index contributed by atoms with van der Waals surface area (Å²) < 4.78 is 31.2. The molecule has 0 fully saturated rings. The molecule has 0 heterocycles. The normalized spacial score (nSPS) is 10.5. The van der Waals surface area contributed by atoms with E-state index in [4.69, 9.17) is 8.42 Å². The van der Waals surface area contributed by atoms with Crippen LogP contribution >= 0.6 is 21.4 Å². The van der Waals surface area contributed by atoms with Gasteiger partial charge in [0.1, 0.15) is 5.82 Å². The third-order valence-corrected chi connectivity index (χ3v) is 1.59. The van der Waals surface area contributed by atoms with Crippen molar-refractivity contribution in [3.8, 4) is 0 Å². The maximum atomic E-state index is 12.9. The molecule has 6 heteroatoms. The second-order valence-corrected chi connectivity index (χ2v) is 6.50. The summed E-state index contributed by atoms with van der Waals surface area (Å²) in [6.45, 7) is 3.84. The number of aryl methyl sites for hydroxylation is 2. The van der Waals surface area contributed by atoms with E-state index >= 15 is 0 Å². The fourth-order valence-electron chi connectivity index (χ4n) is 0.939. The highest BCUT2D eigenvalue weighted by molar-refractivity contribution is 8.31. The van der Waals surface area contributed by atoms with Crippen LogP contribution in [0.1, 0.15) is 18.1 Å². The first-order valence-electron chi connectivity index (χ1n) is 4.13. The van der Waals surface area contributed by atoms with Gasteiger partial charge in [0.15, 0.2) is 0 Å². The molecule has 0 aromatic heterocycles. The third-order valence-electron chi connectivity index (χ3n) is 1.59. The lowest BCUT2D eigenvalue weighted by Gasteiger charge is -1.98. The molecule has 0 radical (unpaired) electrons. The molecule has 86 valence electrons. The van der Waals surface area contributed by atoms with E-state index in [0.29, 0.717) is 0 Å². The zero-order valence-corrected chi connectivity index (χ0v) is 10.6. The maximum absolute atomic E-state index is 12.9. The molecule has 0 aliphatic heterocycles. The lowest BCUT2D eigenvalue weighted by molar-refractivity contribution is 0.611. The predicted octanol–water partition coefficient (Wildman–Crippen LogP) is 3.41. The molecule has 0 bridgehead atoms. The minimum absolute atomic E-state index is 0.0810. The third kappa shape index (κ3) is 8.66. The highest BCUT2D eigenvalue weighted by Gasteiger charge is 1.97. The molecule has 0 spiro atoms. The van der Waals surface area contributed by atoms with Crippen molar-refractivity contribution in [1.29, 1.82) is 0 Å². The Hall–Kier alpha value is -0.320. The average Bonchev–Trinajstić information content (AvgIpc) is 2.01. The van der Waals surface area contributed by atoms with Crippen LogP contribution in [0.2, 0.25) is 0 Å². The van der Waals surface area contributed by atoms with E-state index < -0.39 is 8.26 Å². The standard InChI is InChI=1S/C9H11F.Cl2O2S/c1-3-8-5-4-7(2)6-9(8)10;1-5(2,3)4/h4-6H,3H2,1-2H3;. The lowest BCUT2D eigenvalue weighted by Crippen LogP contribution is -1.86. The van der Waals surface area contributed by atoms with E-state index in [9.17, 15) is 4.39 Å². The number of hydrogen-bond donors (Lipinski definition) is 0.